The van der Waals surface area contributed by atoms with Crippen LogP contribution in [0.1, 0.15) is 305 Å². The molecule has 15 rings (SSSR count). The Balaban J connectivity index is 0.000000178. The number of hydrogen-bond acceptors (Lipinski definition) is 19. The van der Waals surface area contributed by atoms with Crippen molar-refractivity contribution in [2.45, 2.75) is 316 Å². The first kappa shape index (κ1) is 119. The van der Waals surface area contributed by atoms with Gasteiger partial charge in [0.15, 0.2) is 0 Å². The standard InChI is InChI=1S/C24H38N4O2.2C24H37N3O3.2C23H37N5O2/c1-24(2,3)26-23(30)27(4)17-18-5-7-21(8-6-18)22(29)28-15-11-20(12-16-28)19-9-13-25-14-10-19;1-24(2,3)30-23(29)26(4)17-18-7-9-20(10-8-18)22(28)27-14-11-19(12-15-27)21-6-5-13-25-16-21;1-24(2,3)30-23(29)26(4)17-18-8-10-20(11-9-18)22(28)27-15-12-19(13-16-27)21-7-5-6-14-25-21;1-23(2,3)25-22(30)26(4)17-18-7-9-19(10-8-18)21(29)28-14-12-27(13-15-28)20-6-5-11-24-16-20;1-23(2,3)25-22(30)26(4)17-18-8-10-19(11-9-18)21(29)28-15-13-27(14-16-28)20-7-5-6-12-24-20/h9-10,13-14,18,20-21H,5-8,11-12,15-17H2,1-4H3,(H,26,30);5-6,13,16,18-20H,7-12,14-15,17H2,1-4H3;5-7,14,18-20H,8-13,15-17H2,1-4H3;5-6,11,16,18-19H,7-10,12-15,17H2,1-4H3,(H,25,30);5-7,12,18-19H,8-11,13-17H2,1-4H3,(H,25,30). The number of urea groups is 3. The van der Waals surface area contributed by atoms with Gasteiger partial charge in [-0.1, -0.05) is 18.2 Å². The number of carbonyl (C=O) groups is 10. The number of amides is 13. The molecule has 0 aromatic carbocycles. The van der Waals surface area contributed by atoms with Gasteiger partial charge in [0, 0.05) is 261 Å². The Kier molecular flexibility index (Phi) is 45.0. The minimum atomic E-state index is -0.473. The highest BCUT2D eigenvalue weighted by Crippen LogP contribution is 2.40. The SMILES string of the molecule is CN(CC1CCC(C(=O)N2CCC(c3ccccn3)CC2)CC1)C(=O)OC(C)(C)C.CN(CC1CCC(C(=O)N2CCC(c3cccnc3)CC2)CC1)C(=O)OC(C)(C)C.CN(CC1CCC(C(=O)N2CCC(c3ccncc3)CC2)CC1)C(=O)NC(C)(C)C.CN(CC1CCC(C(=O)N2CCN(c3ccccn3)CC2)CC1)C(=O)NC(C)(C)C.CN(CC1CCC(C(=O)N2CCN(c3cccnc3)CC2)CC1)C(=O)NC(C)(C)C. The molecule has 5 aliphatic carbocycles. The lowest BCUT2D eigenvalue weighted by atomic mass is 9.80. The number of piperazine rings is 2. The first-order valence-corrected chi connectivity index (χ1v) is 56.6. The van der Waals surface area contributed by atoms with Gasteiger partial charge in [-0.05, 0) is 378 Å². The van der Waals surface area contributed by atoms with Crippen molar-refractivity contribution in [2.75, 3.05) is 169 Å². The van der Waals surface area contributed by atoms with Crippen molar-refractivity contribution in [1.82, 2.24) is 89.9 Å². The molecule has 0 atom stereocenters. The van der Waals surface area contributed by atoms with Crippen LogP contribution in [-0.4, -0.2) is 321 Å². The van der Waals surface area contributed by atoms with Gasteiger partial charge in [0.1, 0.15) is 17.0 Å². The molecule has 3 N–H and O–H groups in total. The summed E-state index contributed by atoms with van der Waals surface area (Å²) in [6.45, 7) is 44.5. The van der Waals surface area contributed by atoms with E-state index in [9.17, 15) is 47.9 Å². The molecule has 5 saturated carbocycles. The Morgan fingerprint density at radius 1 is 0.287 bits per heavy atom. The smallest absolute Gasteiger partial charge is 0.410 e. The lowest BCUT2D eigenvalue weighted by Gasteiger charge is -2.39. The Morgan fingerprint density at radius 2 is 0.587 bits per heavy atom. The van der Waals surface area contributed by atoms with Crippen LogP contribution in [0.15, 0.2) is 122 Å². The Morgan fingerprint density at radius 3 is 0.880 bits per heavy atom. The number of hydrogen-bond donors (Lipinski definition) is 3. The molecule has 0 bridgehead atoms. The molecule has 0 unspecified atom stereocenters. The van der Waals surface area contributed by atoms with Gasteiger partial charge >= 0.3 is 30.3 Å². The van der Waals surface area contributed by atoms with Crippen LogP contribution in [0.2, 0.25) is 0 Å². The summed E-state index contributed by atoms with van der Waals surface area (Å²) in [6, 6.07) is 24.3. The fourth-order valence-corrected chi connectivity index (χ4v) is 23.1. The predicted octanol–water partition coefficient (Wildman–Crippen LogP) is 18.9. The van der Waals surface area contributed by atoms with Crippen molar-refractivity contribution in [3.05, 3.63) is 139 Å². The largest absolute Gasteiger partial charge is 0.444 e. The number of piperidine rings is 3. The summed E-state index contributed by atoms with van der Waals surface area (Å²) in [4.78, 5) is 171. The number of aromatic nitrogens is 5. The van der Waals surface area contributed by atoms with Crippen LogP contribution in [0.25, 0.3) is 0 Å². The number of nitrogens with one attached hydrogen (secondary N) is 3. The van der Waals surface area contributed by atoms with E-state index in [1.54, 1.807) is 44.8 Å². The molecule has 13 amide bonds. The van der Waals surface area contributed by atoms with Gasteiger partial charge in [-0.2, -0.15) is 0 Å². The van der Waals surface area contributed by atoms with Gasteiger partial charge < -0.3 is 84.2 Å². The van der Waals surface area contributed by atoms with Gasteiger partial charge in [0.25, 0.3) is 0 Å². The topological polar surface area (TPSA) is 329 Å². The Bertz CT molecular complexity index is 4220. The van der Waals surface area contributed by atoms with Crippen LogP contribution in [0.5, 0.6) is 0 Å². The summed E-state index contributed by atoms with van der Waals surface area (Å²) in [5.41, 5.74) is 3.30. The normalized spacial score (nSPS) is 22.9. The molecule has 0 spiro atoms. The lowest BCUT2D eigenvalue weighted by molar-refractivity contribution is -0.138. The monoisotopic (exact) mass is 2080 g/mol. The van der Waals surface area contributed by atoms with E-state index in [1.807, 2.05) is 221 Å². The van der Waals surface area contributed by atoms with E-state index in [1.165, 1.54) is 11.1 Å². The molecule has 830 valence electrons. The van der Waals surface area contributed by atoms with Crippen LogP contribution >= 0.6 is 0 Å². The quantitative estimate of drug-likeness (QED) is 0.0651. The molecule has 10 aliphatic rings. The number of ether oxygens (including phenoxy) is 2. The molecule has 0 radical (unpaired) electrons. The number of anilines is 2. The number of carbonyl (C=O) groups excluding carboxylic acids is 10. The van der Waals surface area contributed by atoms with Crippen LogP contribution in [0.3, 0.4) is 0 Å². The van der Waals surface area contributed by atoms with Gasteiger partial charge in [-0.3, -0.25) is 43.9 Å². The van der Waals surface area contributed by atoms with Crippen molar-refractivity contribution in [1.29, 1.82) is 0 Å². The molecule has 5 saturated heterocycles. The Hall–Kier alpha value is -10.9. The third-order valence-corrected chi connectivity index (χ3v) is 31.6. The maximum absolute atomic E-state index is 13.0. The second kappa shape index (κ2) is 56.6. The van der Waals surface area contributed by atoms with Crippen molar-refractivity contribution in [3.63, 3.8) is 0 Å². The average Bonchev–Trinajstić information content (AvgIpc) is 0.839. The lowest BCUT2D eigenvalue weighted by Crippen LogP contribution is -2.51. The minimum absolute atomic E-state index is 0.0160. The molecule has 10 fully saturated rings. The van der Waals surface area contributed by atoms with Crippen molar-refractivity contribution >= 4 is 71.3 Å². The van der Waals surface area contributed by atoms with Crippen LogP contribution in [0.4, 0.5) is 35.5 Å². The summed E-state index contributed by atoms with van der Waals surface area (Å²) in [5.74, 6) is 7.21. The molecular formula is C118H186N20O12. The summed E-state index contributed by atoms with van der Waals surface area (Å²) in [6.07, 6.45) is 39.8. The maximum atomic E-state index is 13.0. The Labute approximate surface area is 897 Å². The van der Waals surface area contributed by atoms with Crippen molar-refractivity contribution in [3.8, 4) is 0 Å². The summed E-state index contributed by atoms with van der Waals surface area (Å²) >= 11 is 0. The van der Waals surface area contributed by atoms with Gasteiger partial charge in [-0.25, -0.2) is 29.0 Å². The predicted molar refractivity (Wildman–Crippen MR) is 592 cm³/mol. The highest BCUT2D eigenvalue weighted by Gasteiger charge is 2.41. The summed E-state index contributed by atoms with van der Waals surface area (Å²) in [7, 11) is 9.19. The number of pyridine rings is 5. The molecule has 5 aromatic heterocycles. The highest BCUT2D eigenvalue weighted by molar-refractivity contribution is 5.82. The fourth-order valence-electron chi connectivity index (χ4n) is 23.1. The van der Waals surface area contributed by atoms with E-state index < -0.39 is 11.2 Å². The van der Waals surface area contributed by atoms with Crippen LogP contribution in [-0.2, 0) is 33.4 Å². The second-order valence-electron chi connectivity index (χ2n) is 49.6. The average molecular weight is 2080 g/mol. The van der Waals surface area contributed by atoms with E-state index in [-0.39, 0.29) is 76.5 Å². The van der Waals surface area contributed by atoms with Gasteiger partial charge in [0.2, 0.25) is 29.5 Å². The molecule has 32 nitrogen and oxygen atoms in total. The molecule has 10 heterocycles. The zero-order valence-electron chi connectivity index (χ0n) is 94.9. The maximum Gasteiger partial charge on any atom is 0.410 e. The van der Waals surface area contributed by atoms with E-state index in [2.05, 4.69) is 95.7 Å². The zero-order valence-corrected chi connectivity index (χ0v) is 94.9. The summed E-state index contributed by atoms with van der Waals surface area (Å²) < 4.78 is 10.9. The molecule has 5 aliphatic heterocycles. The summed E-state index contributed by atoms with van der Waals surface area (Å²) in [5, 5.41) is 9.04. The highest BCUT2D eigenvalue weighted by atomic mass is 16.6. The van der Waals surface area contributed by atoms with Gasteiger partial charge in [0.05, 0.1) is 11.9 Å². The molecule has 32 heteroatoms. The number of rotatable bonds is 20. The first-order chi connectivity index (χ1) is 71.1. The molecular weight excluding hydrogens is 1890 g/mol. The third-order valence-electron chi connectivity index (χ3n) is 31.6. The van der Waals surface area contributed by atoms with Crippen molar-refractivity contribution < 1.29 is 57.4 Å². The van der Waals surface area contributed by atoms with E-state index in [0.717, 1.165) is 295 Å². The van der Waals surface area contributed by atoms with E-state index in [4.69, 9.17) is 9.47 Å². The fraction of sp³-hybridized carbons (Fsp3) is 0.703. The number of nitrogens with zero attached hydrogens (tertiary/aromatic N) is 17. The third kappa shape index (κ3) is 39.3. The molecule has 5 aromatic rings. The van der Waals surface area contributed by atoms with Gasteiger partial charge in [-0.15, -0.1) is 0 Å². The van der Waals surface area contributed by atoms with Crippen LogP contribution < -0.4 is 25.8 Å². The molecule has 150 heavy (non-hydrogen) atoms. The van der Waals surface area contributed by atoms with Crippen molar-refractivity contribution in [2.24, 2.45) is 59.2 Å². The minimum Gasteiger partial charge on any atom is -0.444 e. The first-order valence-electron chi connectivity index (χ1n) is 56.6. The second-order valence-corrected chi connectivity index (χ2v) is 49.6. The zero-order chi connectivity index (χ0) is 109. The van der Waals surface area contributed by atoms with E-state index >= 15 is 0 Å². The van der Waals surface area contributed by atoms with E-state index in [0.29, 0.717) is 90.0 Å². The van der Waals surface area contributed by atoms with Crippen LogP contribution in [0, 0.1) is 59.2 Å². The number of likely N-dealkylation sites (tertiary alicyclic amines) is 3.